The Hall–Kier alpha value is -1.04. The molecule has 2 aromatic rings. The molecule has 0 bridgehead atoms. The monoisotopic (exact) mass is 266 g/mol. The smallest absolute Gasteiger partial charge is 0.511 e. The zero-order valence-electron chi connectivity index (χ0n) is 7.72. The Morgan fingerprint density at radius 1 is 1.07 bits per heavy atom. The average Bonchev–Trinajstić information content (AvgIpc) is 2.18. The Labute approximate surface area is 95.6 Å². The lowest BCUT2D eigenvalue weighted by atomic mass is 10.1. The van der Waals surface area contributed by atoms with Crippen LogP contribution in [0.25, 0.3) is 10.8 Å². The summed E-state index contributed by atoms with van der Waals surface area (Å²) >= 11 is 3.30. The van der Waals surface area contributed by atoms with Crippen molar-refractivity contribution in [1.82, 2.24) is 0 Å². The molecule has 0 spiro atoms. The van der Waals surface area contributed by atoms with Crippen molar-refractivity contribution in [2.24, 2.45) is 0 Å². The van der Waals surface area contributed by atoms with Crippen LogP contribution in [0.4, 0.5) is 0 Å². The van der Waals surface area contributed by atoms with E-state index in [1.54, 1.807) is 6.07 Å². The van der Waals surface area contributed by atoms with Gasteiger partial charge in [-0.25, -0.2) is 0 Å². The van der Waals surface area contributed by atoms with E-state index in [1.807, 2.05) is 30.3 Å². The molecule has 76 valence electrons. The van der Waals surface area contributed by atoms with E-state index in [0.717, 1.165) is 10.8 Å². The summed E-state index contributed by atoms with van der Waals surface area (Å²) in [5, 5.41) is 19.5. The van der Waals surface area contributed by atoms with Crippen molar-refractivity contribution in [2.75, 3.05) is 0 Å². The second-order valence-electron chi connectivity index (χ2n) is 3.07. The molecule has 0 aliphatic heterocycles. The van der Waals surface area contributed by atoms with Crippen LogP contribution < -0.4 is 4.65 Å². The summed E-state index contributed by atoms with van der Waals surface area (Å²) in [5.74, 6) is 0.406. The molecule has 0 heterocycles. The van der Waals surface area contributed by atoms with E-state index in [2.05, 4.69) is 15.9 Å². The molecular formula is C10H8BBrO3. The minimum absolute atomic E-state index is 0.406. The van der Waals surface area contributed by atoms with Crippen molar-refractivity contribution in [3.05, 3.63) is 40.9 Å². The Morgan fingerprint density at radius 2 is 1.67 bits per heavy atom. The van der Waals surface area contributed by atoms with E-state index in [4.69, 9.17) is 14.7 Å². The first kappa shape index (κ1) is 10.5. The first-order valence-corrected chi connectivity index (χ1v) is 5.17. The second-order valence-corrected chi connectivity index (χ2v) is 3.93. The summed E-state index contributed by atoms with van der Waals surface area (Å²) in [7, 11) is -1.80. The molecule has 0 unspecified atom stereocenters. The molecular weight excluding hydrogens is 259 g/mol. The number of hydrogen-bond acceptors (Lipinski definition) is 3. The molecule has 0 aromatic heterocycles. The Kier molecular flexibility index (Phi) is 2.95. The number of rotatable bonds is 2. The lowest BCUT2D eigenvalue weighted by molar-refractivity contribution is 0.287. The highest BCUT2D eigenvalue weighted by Gasteiger charge is 2.13. The fraction of sp³-hybridized carbons (Fsp3) is 0. The van der Waals surface area contributed by atoms with Gasteiger partial charge < -0.3 is 14.7 Å². The van der Waals surface area contributed by atoms with E-state index in [-0.39, 0.29) is 0 Å². The molecule has 2 aromatic carbocycles. The zero-order chi connectivity index (χ0) is 10.8. The van der Waals surface area contributed by atoms with Crippen LogP contribution in [0.15, 0.2) is 40.9 Å². The third-order valence-corrected chi connectivity index (χ3v) is 2.65. The molecule has 0 saturated carbocycles. The second kappa shape index (κ2) is 4.22. The van der Waals surface area contributed by atoms with E-state index < -0.39 is 7.32 Å². The maximum atomic E-state index is 8.71. The minimum atomic E-state index is -1.80. The number of fused-ring (bicyclic) bond motifs is 1. The first-order chi connectivity index (χ1) is 7.16. The molecule has 15 heavy (non-hydrogen) atoms. The third-order valence-electron chi connectivity index (χ3n) is 2.03. The molecule has 0 aliphatic rings. The molecule has 0 atom stereocenters. The molecule has 2 rings (SSSR count). The van der Waals surface area contributed by atoms with Crippen LogP contribution in [0.1, 0.15) is 0 Å². The zero-order valence-corrected chi connectivity index (χ0v) is 9.31. The van der Waals surface area contributed by atoms with Gasteiger partial charge in [-0.3, -0.25) is 0 Å². The summed E-state index contributed by atoms with van der Waals surface area (Å²) in [6, 6.07) is 11.4. The molecule has 0 fully saturated rings. The summed E-state index contributed by atoms with van der Waals surface area (Å²) < 4.78 is 5.51. The van der Waals surface area contributed by atoms with Crippen molar-refractivity contribution in [1.29, 1.82) is 0 Å². The van der Waals surface area contributed by atoms with Gasteiger partial charge in [0.2, 0.25) is 0 Å². The highest BCUT2D eigenvalue weighted by molar-refractivity contribution is 9.10. The molecule has 3 nitrogen and oxygen atoms in total. The first-order valence-electron chi connectivity index (χ1n) is 4.38. The largest absolute Gasteiger partial charge is 0.707 e. The van der Waals surface area contributed by atoms with Crippen LogP contribution in [0.5, 0.6) is 5.75 Å². The van der Waals surface area contributed by atoms with E-state index >= 15 is 0 Å². The van der Waals surface area contributed by atoms with Gasteiger partial charge >= 0.3 is 7.32 Å². The van der Waals surface area contributed by atoms with Gasteiger partial charge in [0.15, 0.2) is 0 Å². The van der Waals surface area contributed by atoms with Gasteiger partial charge in [-0.1, -0.05) is 24.3 Å². The highest BCUT2D eigenvalue weighted by Crippen LogP contribution is 2.30. The van der Waals surface area contributed by atoms with E-state index in [0.29, 0.717) is 10.2 Å². The average molecular weight is 267 g/mol. The van der Waals surface area contributed by atoms with Crippen LogP contribution >= 0.6 is 15.9 Å². The van der Waals surface area contributed by atoms with Crippen LogP contribution in [0.3, 0.4) is 0 Å². The van der Waals surface area contributed by atoms with E-state index in [1.165, 1.54) is 0 Å². The number of halogens is 1. The molecule has 0 amide bonds. The quantitative estimate of drug-likeness (QED) is 0.817. The minimum Gasteiger partial charge on any atom is -0.511 e. The van der Waals surface area contributed by atoms with Crippen LogP contribution in [0, 0.1) is 0 Å². The molecule has 2 N–H and O–H groups in total. The van der Waals surface area contributed by atoms with Crippen molar-refractivity contribution in [2.45, 2.75) is 0 Å². The van der Waals surface area contributed by atoms with Gasteiger partial charge in [0.1, 0.15) is 5.75 Å². The lowest BCUT2D eigenvalue weighted by Gasteiger charge is -2.08. The predicted molar refractivity (Wildman–Crippen MR) is 62.5 cm³/mol. The van der Waals surface area contributed by atoms with Crippen LogP contribution in [-0.2, 0) is 0 Å². The van der Waals surface area contributed by atoms with Crippen LogP contribution in [-0.4, -0.2) is 17.4 Å². The standard InChI is InChI=1S/C10H8BBrO3/c12-9-5-7-3-1-2-4-8(7)6-10(9)15-11(13)14/h1-6,13-14H. The SMILES string of the molecule is OB(O)Oc1cc2ccccc2cc1Br. The van der Waals surface area contributed by atoms with Crippen LogP contribution in [0.2, 0.25) is 0 Å². The molecule has 0 saturated heterocycles. The Morgan fingerprint density at radius 3 is 2.27 bits per heavy atom. The lowest BCUT2D eigenvalue weighted by Crippen LogP contribution is -2.20. The maximum Gasteiger partial charge on any atom is 0.707 e. The fourth-order valence-corrected chi connectivity index (χ4v) is 1.85. The third kappa shape index (κ3) is 2.31. The van der Waals surface area contributed by atoms with Gasteiger partial charge in [-0.05, 0) is 38.8 Å². The Balaban J connectivity index is 2.52. The Bertz CT molecular complexity index is 487. The predicted octanol–water partition coefficient (Wildman–Crippen LogP) is 1.95. The normalized spacial score (nSPS) is 10.3. The summed E-state index contributed by atoms with van der Waals surface area (Å²) in [6.45, 7) is 0. The van der Waals surface area contributed by atoms with Gasteiger partial charge in [-0.2, -0.15) is 0 Å². The van der Waals surface area contributed by atoms with Gasteiger partial charge in [0.25, 0.3) is 0 Å². The fourth-order valence-electron chi connectivity index (χ4n) is 1.40. The highest BCUT2D eigenvalue weighted by atomic mass is 79.9. The number of hydrogen-bond donors (Lipinski definition) is 2. The van der Waals surface area contributed by atoms with E-state index in [9.17, 15) is 0 Å². The molecule has 0 aliphatic carbocycles. The van der Waals surface area contributed by atoms with Gasteiger partial charge in [-0.15, -0.1) is 0 Å². The molecule has 5 heteroatoms. The maximum absolute atomic E-state index is 8.71. The summed E-state index contributed by atoms with van der Waals surface area (Å²) in [6.07, 6.45) is 0. The summed E-state index contributed by atoms with van der Waals surface area (Å²) in [4.78, 5) is 0. The van der Waals surface area contributed by atoms with Gasteiger partial charge in [0.05, 0.1) is 4.47 Å². The topological polar surface area (TPSA) is 49.7 Å². The number of benzene rings is 2. The van der Waals surface area contributed by atoms with Gasteiger partial charge in [0, 0.05) is 0 Å². The molecule has 0 radical (unpaired) electrons. The van der Waals surface area contributed by atoms with Crippen molar-refractivity contribution in [3.63, 3.8) is 0 Å². The van der Waals surface area contributed by atoms with Crippen molar-refractivity contribution < 1.29 is 14.7 Å². The van der Waals surface area contributed by atoms with Crippen molar-refractivity contribution in [3.8, 4) is 5.75 Å². The van der Waals surface area contributed by atoms with Crippen molar-refractivity contribution >= 4 is 34.0 Å². The summed E-state index contributed by atoms with van der Waals surface area (Å²) in [5.41, 5.74) is 0.